The van der Waals surface area contributed by atoms with E-state index in [1.807, 2.05) is 0 Å². The van der Waals surface area contributed by atoms with E-state index in [1.54, 1.807) is 0 Å². The molecular weight excluding hydrogens is 326 g/mol. The summed E-state index contributed by atoms with van der Waals surface area (Å²) in [4.78, 5) is 0. The monoisotopic (exact) mass is 366 g/mol. The highest BCUT2D eigenvalue weighted by Gasteiger charge is 2.08. The molecule has 0 atom stereocenters. The highest BCUT2D eigenvalue weighted by Crippen LogP contribution is 2.13. The third-order valence-electron chi connectivity index (χ3n) is 5.59. The molecular formula is C26H40N+. The van der Waals surface area contributed by atoms with E-state index in [2.05, 4.69) is 67.1 Å². The quantitative estimate of drug-likeness (QED) is 0.249. The van der Waals surface area contributed by atoms with E-state index in [1.165, 1.54) is 87.4 Å². The van der Waals surface area contributed by atoms with Crippen molar-refractivity contribution < 1.29 is 4.57 Å². The van der Waals surface area contributed by atoms with E-state index in [9.17, 15) is 0 Å². The molecule has 0 saturated carbocycles. The van der Waals surface area contributed by atoms with E-state index in [0.29, 0.717) is 0 Å². The van der Waals surface area contributed by atoms with Gasteiger partial charge in [0, 0.05) is 24.1 Å². The Morgan fingerprint density at radius 1 is 0.630 bits per heavy atom. The van der Waals surface area contributed by atoms with Crippen LogP contribution in [-0.2, 0) is 19.4 Å². The maximum Gasteiger partial charge on any atom is 0.181 e. The predicted molar refractivity (Wildman–Crippen MR) is 117 cm³/mol. The van der Waals surface area contributed by atoms with Crippen LogP contribution in [0.1, 0.15) is 94.9 Å². The van der Waals surface area contributed by atoms with Gasteiger partial charge in [-0.05, 0) is 18.4 Å². The van der Waals surface area contributed by atoms with Crippen LogP contribution in [0.15, 0.2) is 48.7 Å². The molecule has 0 aliphatic heterocycles. The number of aromatic nitrogens is 1. The van der Waals surface area contributed by atoms with Crippen molar-refractivity contribution in [3.05, 3.63) is 65.5 Å². The summed E-state index contributed by atoms with van der Waals surface area (Å²) in [5, 5.41) is 0. The minimum Gasteiger partial charge on any atom is -0.198 e. The van der Waals surface area contributed by atoms with Gasteiger partial charge in [-0.25, -0.2) is 0 Å². The molecule has 0 unspecified atom stereocenters. The summed E-state index contributed by atoms with van der Waals surface area (Å²) in [7, 11) is 0. The summed E-state index contributed by atoms with van der Waals surface area (Å²) >= 11 is 0. The molecule has 27 heavy (non-hydrogen) atoms. The summed E-state index contributed by atoms with van der Waals surface area (Å²) in [5.74, 6) is 0. The van der Waals surface area contributed by atoms with E-state index in [-0.39, 0.29) is 0 Å². The molecule has 0 spiro atoms. The van der Waals surface area contributed by atoms with Crippen molar-refractivity contribution in [2.45, 2.75) is 97.4 Å². The largest absolute Gasteiger partial charge is 0.198 e. The first-order valence-corrected chi connectivity index (χ1v) is 11.4. The van der Waals surface area contributed by atoms with Gasteiger partial charge < -0.3 is 0 Å². The summed E-state index contributed by atoms with van der Waals surface area (Å²) in [5.41, 5.74) is 4.28. The number of pyridine rings is 1. The third kappa shape index (κ3) is 8.73. The zero-order valence-corrected chi connectivity index (χ0v) is 17.8. The first-order valence-electron chi connectivity index (χ1n) is 11.4. The smallest absolute Gasteiger partial charge is 0.181 e. The van der Waals surface area contributed by atoms with Gasteiger partial charge in [-0.3, -0.25) is 0 Å². The van der Waals surface area contributed by atoms with Crippen LogP contribution in [0.5, 0.6) is 0 Å². The number of rotatable bonds is 14. The Labute approximate surface area is 167 Å². The first kappa shape index (κ1) is 21.7. The second kappa shape index (κ2) is 13.5. The number of nitrogens with zero attached hydrogens (tertiary/aromatic N) is 1. The zero-order valence-electron chi connectivity index (χ0n) is 17.8. The molecule has 2 rings (SSSR count). The molecule has 0 N–H and O–H groups in total. The number of hydrogen-bond donors (Lipinski definition) is 0. The average Bonchev–Trinajstić information content (AvgIpc) is 2.71. The van der Waals surface area contributed by atoms with Crippen molar-refractivity contribution >= 4 is 0 Å². The first-order chi connectivity index (χ1) is 13.3. The number of benzene rings is 1. The molecule has 0 amide bonds. The molecule has 0 aliphatic carbocycles. The van der Waals surface area contributed by atoms with Crippen LogP contribution in [0.4, 0.5) is 0 Å². The van der Waals surface area contributed by atoms with E-state index in [4.69, 9.17) is 0 Å². The lowest BCUT2D eigenvalue weighted by atomic mass is 10.0. The molecule has 0 aliphatic rings. The topological polar surface area (TPSA) is 3.88 Å². The third-order valence-corrected chi connectivity index (χ3v) is 5.59. The second-order valence-electron chi connectivity index (χ2n) is 7.92. The Morgan fingerprint density at radius 3 is 1.85 bits per heavy atom. The SMILES string of the molecule is CCCCCCCCCCCCc1ccc(C[n+]2ccccc2CC)cc1. The molecule has 1 aromatic carbocycles. The van der Waals surface area contributed by atoms with Gasteiger partial charge >= 0.3 is 0 Å². The van der Waals surface area contributed by atoms with Gasteiger partial charge in [-0.15, -0.1) is 0 Å². The molecule has 148 valence electrons. The minimum absolute atomic E-state index is 0.975. The van der Waals surface area contributed by atoms with Crippen LogP contribution in [0.25, 0.3) is 0 Å². The second-order valence-corrected chi connectivity index (χ2v) is 7.92. The highest BCUT2D eigenvalue weighted by atomic mass is 14.9. The molecule has 0 bridgehead atoms. The van der Waals surface area contributed by atoms with Crippen LogP contribution in [0, 0.1) is 0 Å². The van der Waals surface area contributed by atoms with Crippen LogP contribution >= 0.6 is 0 Å². The van der Waals surface area contributed by atoms with Gasteiger partial charge in [0.25, 0.3) is 0 Å². The van der Waals surface area contributed by atoms with E-state index < -0.39 is 0 Å². The van der Waals surface area contributed by atoms with Gasteiger partial charge in [0.05, 0.1) is 0 Å². The van der Waals surface area contributed by atoms with E-state index >= 15 is 0 Å². The van der Waals surface area contributed by atoms with Gasteiger partial charge in [-0.1, -0.05) is 102 Å². The van der Waals surface area contributed by atoms with Crippen molar-refractivity contribution in [1.82, 2.24) is 0 Å². The van der Waals surface area contributed by atoms with Gasteiger partial charge in [0.1, 0.15) is 0 Å². The normalized spacial score (nSPS) is 11.0. The molecule has 1 heterocycles. The van der Waals surface area contributed by atoms with Crippen molar-refractivity contribution in [2.24, 2.45) is 0 Å². The Hall–Kier alpha value is -1.63. The summed E-state index contributed by atoms with van der Waals surface area (Å²) in [6, 6.07) is 15.8. The maximum atomic E-state index is 2.36. The fourth-order valence-electron chi connectivity index (χ4n) is 3.81. The molecule has 0 fully saturated rings. The highest BCUT2D eigenvalue weighted by molar-refractivity contribution is 5.22. The number of unbranched alkanes of at least 4 members (excludes halogenated alkanes) is 9. The van der Waals surface area contributed by atoms with Crippen molar-refractivity contribution in [2.75, 3.05) is 0 Å². The Balaban J connectivity index is 1.60. The fraction of sp³-hybridized carbons (Fsp3) is 0.577. The molecule has 1 aromatic heterocycles. The van der Waals surface area contributed by atoms with E-state index in [0.717, 1.165) is 13.0 Å². The summed E-state index contributed by atoms with van der Waals surface area (Å²) in [6.45, 7) is 5.49. The zero-order chi connectivity index (χ0) is 19.2. The van der Waals surface area contributed by atoms with Gasteiger partial charge in [-0.2, -0.15) is 4.57 Å². The van der Waals surface area contributed by atoms with Crippen molar-refractivity contribution in [1.29, 1.82) is 0 Å². The van der Waals surface area contributed by atoms with Crippen molar-refractivity contribution in [3.63, 3.8) is 0 Å². The number of aryl methyl sites for hydroxylation is 2. The lowest BCUT2D eigenvalue weighted by molar-refractivity contribution is -0.695. The summed E-state index contributed by atoms with van der Waals surface area (Å²) < 4.78 is 2.36. The molecule has 1 nitrogen and oxygen atoms in total. The van der Waals surface area contributed by atoms with Crippen LogP contribution < -0.4 is 4.57 Å². The lowest BCUT2D eigenvalue weighted by Crippen LogP contribution is -2.38. The summed E-state index contributed by atoms with van der Waals surface area (Å²) in [6.07, 6.45) is 18.6. The molecule has 0 radical (unpaired) electrons. The fourth-order valence-corrected chi connectivity index (χ4v) is 3.81. The average molecular weight is 367 g/mol. The van der Waals surface area contributed by atoms with Crippen LogP contribution in [-0.4, -0.2) is 0 Å². The molecule has 1 heteroatoms. The number of hydrogen-bond acceptors (Lipinski definition) is 0. The Morgan fingerprint density at radius 2 is 1.22 bits per heavy atom. The molecule has 2 aromatic rings. The van der Waals surface area contributed by atoms with Gasteiger partial charge in [0.2, 0.25) is 0 Å². The molecule has 0 saturated heterocycles. The minimum atomic E-state index is 0.975. The van der Waals surface area contributed by atoms with Crippen LogP contribution in [0.2, 0.25) is 0 Å². The Bertz CT molecular complexity index is 614. The predicted octanol–water partition coefficient (Wildman–Crippen LogP) is 7.05. The van der Waals surface area contributed by atoms with Crippen molar-refractivity contribution in [3.8, 4) is 0 Å². The lowest BCUT2D eigenvalue weighted by Gasteiger charge is -2.05. The Kier molecular flexibility index (Phi) is 10.9. The van der Waals surface area contributed by atoms with Gasteiger partial charge in [0.15, 0.2) is 18.4 Å². The standard InChI is InChI=1S/C26H40N/c1-3-5-6-7-8-9-10-11-12-13-16-24-18-20-25(21-19-24)23-27-22-15-14-17-26(27)4-2/h14-15,17-22H,3-13,16,23H2,1-2H3/q+1. The van der Waals surface area contributed by atoms with Crippen LogP contribution in [0.3, 0.4) is 0 Å². The maximum absolute atomic E-state index is 2.36.